The highest BCUT2D eigenvalue weighted by atomic mass is 16.5. The molecule has 142 valence electrons. The third-order valence-corrected chi connectivity index (χ3v) is 3.72. The van der Waals surface area contributed by atoms with Gasteiger partial charge in [-0.2, -0.15) is 5.10 Å². The molecule has 0 aliphatic carbocycles. The van der Waals surface area contributed by atoms with Crippen LogP contribution in [-0.2, 0) is 14.3 Å². The molecular weight excluding hydrogens is 346 g/mol. The number of hydrogen-bond donors (Lipinski definition) is 2. The molecule has 2 aromatic rings. The van der Waals surface area contributed by atoms with Crippen LogP contribution in [0.1, 0.15) is 25.0 Å². The minimum Gasteiger partial charge on any atom is -0.497 e. The molecule has 1 atom stereocenters. The maximum Gasteiger partial charge on any atom is 0.273 e. The quantitative estimate of drug-likeness (QED) is 0.553. The summed E-state index contributed by atoms with van der Waals surface area (Å²) in [5.41, 5.74) is 4.29. The minimum atomic E-state index is -0.768. The van der Waals surface area contributed by atoms with E-state index in [0.717, 1.165) is 5.56 Å². The van der Waals surface area contributed by atoms with Gasteiger partial charge in [0.25, 0.3) is 5.91 Å². The summed E-state index contributed by atoms with van der Waals surface area (Å²) < 4.78 is 10.3. The highest BCUT2D eigenvalue weighted by Crippen LogP contribution is 2.16. The van der Waals surface area contributed by atoms with E-state index in [-0.39, 0.29) is 12.3 Å². The highest BCUT2D eigenvalue weighted by Gasteiger charge is 2.19. The molecule has 0 saturated heterocycles. The Morgan fingerprint density at radius 2 is 1.70 bits per heavy atom. The lowest BCUT2D eigenvalue weighted by atomic mass is 10.1. The molecule has 0 spiro atoms. The second-order valence-corrected chi connectivity index (χ2v) is 5.80. The summed E-state index contributed by atoms with van der Waals surface area (Å²) in [6.45, 7) is 1.66. The molecule has 0 aromatic heterocycles. The Morgan fingerprint density at radius 3 is 2.30 bits per heavy atom. The molecule has 0 radical (unpaired) electrons. The first-order chi connectivity index (χ1) is 13.0. The van der Waals surface area contributed by atoms with E-state index in [1.165, 1.54) is 7.11 Å². The van der Waals surface area contributed by atoms with Crippen molar-refractivity contribution in [2.45, 2.75) is 19.4 Å². The van der Waals surface area contributed by atoms with Crippen LogP contribution in [0.2, 0.25) is 0 Å². The Kier molecular flexibility index (Phi) is 7.51. The van der Waals surface area contributed by atoms with E-state index in [4.69, 9.17) is 9.47 Å². The molecule has 2 N–H and O–H groups in total. The molecule has 0 saturated carbocycles. The van der Waals surface area contributed by atoms with Gasteiger partial charge in [-0.15, -0.1) is 0 Å². The van der Waals surface area contributed by atoms with Gasteiger partial charge in [0.05, 0.1) is 13.5 Å². The van der Waals surface area contributed by atoms with Crippen molar-refractivity contribution in [1.29, 1.82) is 0 Å². The lowest BCUT2D eigenvalue weighted by molar-refractivity contribution is -0.131. The first-order valence-electron chi connectivity index (χ1n) is 8.38. The second-order valence-electron chi connectivity index (χ2n) is 5.80. The Labute approximate surface area is 158 Å². The Morgan fingerprint density at radius 1 is 1.04 bits per heavy atom. The number of carbonyl (C=O) groups is 2. The van der Waals surface area contributed by atoms with Crippen molar-refractivity contribution in [3.05, 3.63) is 60.2 Å². The summed E-state index contributed by atoms with van der Waals surface area (Å²) in [6, 6.07) is 16.1. The number of hydrogen-bond acceptors (Lipinski definition) is 5. The van der Waals surface area contributed by atoms with Crippen LogP contribution in [-0.4, -0.2) is 31.7 Å². The van der Waals surface area contributed by atoms with E-state index in [1.54, 1.807) is 50.4 Å². The average molecular weight is 369 g/mol. The molecule has 0 fully saturated rings. The fourth-order valence-electron chi connectivity index (χ4n) is 2.38. The molecular formula is C20H23N3O4. The Bertz CT molecular complexity index is 789. The van der Waals surface area contributed by atoms with Crippen LogP contribution in [0.4, 0.5) is 5.69 Å². The number of amides is 2. The van der Waals surface area contributed by atoms with E-state index in [1.807, 2.05) is 18.2 Å². The van der Waals surface area contributed by atoms with Crippen LogP contribution in [0.5, 0.6) is 5.75 Å². The van der Waals surface area contributed by atoms with Crippen LogP contribution < -0.4 is 15.5 Å². The molecule has 0 bridgehead atoms. The van der Waals surface area contributed by atoms with Gasteiger partial charge in [0.15, 0.2) is 6.10 Å². The second kappa shape index (κ2) is 10.1. The summed E-state index contributed by atoms with van der Waals surface area (Å²) in [5, 5.41) is 6.74. The van der Waals surface area contributed by atoms with E-state index < -0.39 is 12.0 Å². The van der Waals surface area contributed by atoms with Crippen molar-refractivity contribution >= 4 is 23.2 Å². The molecule has 2 aromatic carbocycles. The smallest absolute Gasteiger partial charge is 0.273 e. The topological polar surface area (TPSA) is 89.0 Å². The number of nitrogens with one attached hydrogen (secondary N) is 2. The van der Waals surface area contributed by atoms with E-state index in [0.29, 0.717) is 17.1 Å². The largest absolute Gasteiger partial charge is 0.497 e. The number of hydrazone groups is 1. The monoisotopic (exact) mass is 369 g/mol. The predicted octanol–water partition coefficient (Wildman–Crippen LogP) is 2.90. The van der Waals surface area contributed by atoms with Gasteiger partial charge in [-0.05, 0) is 36.8 Å². The number of rotatable bonds is 8. The summed E-state index contributed by atoms with van der Waals surface area (Å²) in [6.07, 6.45) is -0.717. The van der Waals surface area contributed by atoms with Gasteiger partial charge in [0, 0.05) is 18.5 Å². The predicted molar refractivity (Wildman–Crippen MR) is 104 cm³/mol. The van der Waals surface area contributed by atoms with Gasteiger partial charge >= 0.3 is 0 Å². The molecule has 27 heavy (non-hydrogen) atoms. The van der Waals surface area contributed by atoms with Crippen LogP contribution in [0.25, 0.3) is 0 Å². The third kappa shape index (κ3) is 6.23. The Hall–Kier alpha value is -3.19. The molecule has 0 unspecified atom stereocenters. The van der Waals surface area contributed by atoms with Crippen LogP contribution >= 0.6 is 0 Å². The maximum atomic E-state index is 12.3. The summed E-state index contributed by atoms with van der Waals surface area (Å²) in [4.78, 5) is 24.3. The Balaban J connectivity index is 1.88. The SMILES string of the molecule is COc1ccc(NC(=O)C/C(C)=N\NC(=O)[C@H](OC)c2ccccc2)cc1. The first-order valence-corrected chi connectivity index (χ1v) is 8.38. The molecule has 2 rings (SSSR count). The van der Waals surface area contributed by atoms with Gasteiger partial charge in [0.2, 0.25) is 5.91 Å². The lowest BCUT2D eigenvalue weighted by Crippen LogP contribution is -2.28. The highest BCUT2D eigenvalue weighted by molar-refractivity contribution is 6.05. The standard InChI is InChI=1S/C20H23N3O4/c1-14(13-18(24)21-16-9-11-17(26-2)12-10-16)22-23-20(25)19(27-3)15-7-5-4-6-8-15/h4-12,19H,13H2,1-3H3,(H,21,24)(H,23,25)/b22-14-/t19-/m1/s1. The lowest BCUT2D eigenvalue weighted by Gasteiger charge is -2.14. The van der Waals surface area contributed by atoms with Gasteiger partial charge in [-0.25, -0.2) is 5.43 Å². The summed E-state index contributed by atoms with van der Waals surface area (Å²) in [7, 11) is 3.03. The van der Waals surface area contributed by atoms with Crippen LogP contribution in [0.15, 0.2) is 59.7 Å². The van der Waals surface area contributed by atoms with Crippen molar-refractivity contribution in [3.8, 4) is 5.75 Å². The maximum absolute atomic E-state index is 12.3. The molecule has 0 aliphatic heterocycles. The fraction of sp³-hybridized carbons (Fsp3) is 0.250. The minimum absolute atomic E-state index is 0.0509. The van der Waals surface area contributed by atoms with Crippen molar-refractivity contribution in [3.63, 3.8) is 0 Å². The van der Waals surface area contributed by atoms with E-state index >= 15 is 0 Å². The number of ether oxygens (including phenoxy) is 2. The zero-order valence-electron chi connectivity index (χ0n) is 15.6. The van der Waals surface area contributed by atoms with Gasteiger partial charge in [0.1, 0.15) is 5.75 Å². The van der Waals surface area contributed by atoms with Crippen molar-refractivity contribution < 1.29 is 19.1 Å². The first kappa shape index (κ1) is 20.1. The number of carbonyl (C=O) groups excluding carboxylic acids is 2. The zero-order chi connectivity index (χ0) is 19.6. The van der Waals surface area contributed by atoms with Crippen molar-refractivity contribution in [1.82, 2.24) is 5.43 Å². The van der Waals surface area contributed by atoms with Crippen LogP contribution in [0, 0.1) is 0 Å². The van der Waals surface area contributed by atoms with Crippen molar-refractivity contribution in [2.75, 3.05) is 19.5 Å². The van der Waals surface area contributed by atoms with Gasteiger partial charge < -0.3 is 14.8 Å². The molecule has 0 aliphatic rings. The van der Waals surface area contributed by atoms with Gasteiger partial charge in [-0.1, -0.05) is 30.3 Å². The van der Waals surface area contributed by atoms with Crippen LogP contribution in [0.3, 0.4) is 0 Å². The number of methoxy groups -OCH3 is 2. The van der Waals surface area contributed by atoms with Crippen molar-refractivity contribution in [2.24, 2.45) is 5.10 Å². The summed E-state index contributed by atoms with van der Waals surface area (Å²) >= 11 is 0. The average Bonchev–Trinajstić information content (AvgIpc) is 2.68. The van der Waals surface area contributed by atoms with E-state index in [9.17, 15) is 9.59 Å². The van der Waals surface area contributed by atoms with E-state index in [2.05, 4.69) is 15.8 Å². The molecule has 2 amide bonds. The molecule has 7 nitrogen and oxygen atoms in total. The van der Waals surface area contributed by atoms with Gasteiger partial charge in [-0.3, -0.25) is 9.59 Å². The number of anilines is 1. The zero-order valence-corrected chi connectivity index (χ0v) is 15.6. The summed E-state index contributed by atoms with van der Waals surface area (Å²) in [5.74, 6) is 0.0696. The number of benzene rings is 2. The normalized spacial score (nSPS) is 12.2. The number of nitrogens with zero attached hydrogens (tertiary/aromatic N) is 1. The molecule has 7 heteroatoms. The fourth-order valence-corrected chi connectivity index (χ4v) is 2.38. The molecule has 0 heterocycles. The third-order valence-electron chi connectivity index (χ3n) is 3.72.